The number of carbonyl (C=O) groups is 1. The van der Waals surface area contributed by atoms with Crippen molar-refractivity contribution in [1.29, 1.82) is 0 Å². The molecule has 0 saturated heterocycles. The summed E-state index contributed by atoms with van der Waals surface area (Å²) < 4.78 is 5.68. The van der Waals surface area contributed by atoms with Gasteiger partial charge in [-0.15, -0.1) is 0 Å². The summed E-state index contributed by atoms with van der Waals surface area (Å²) in [6.45, 7) is 5.85. The van der Waals surface area contributed by atoms with E-state index < -0.39 is 0 Å². The lowest BCUT2D eigenvalue weighted by Crippen LogP contribution is -2.27. The third kappa shape index (κ3) is 4.63. The zero-order valence-corrected chi connectivity index (χ0v) is 14.8. The second-order valence-electron chi connectivity index (χ2n) is 5.54. The predicted molar refractivity (Wildman–Crippen MR) is 94.5 cm³/mol. The lowest BCUT2D eigenvalue weighted by molar-refractivity contribution is 0.0940. The van der Waals surface area contributed by atoms with Crippen LogP contribution in [-0.4, -0.2) is 12.0 Å². The van der Waals surface area contributed by atoms with Crippen molar-refractivity contribution in [3.8, 4) is 5.75 Å². The Bertz CT molecular complexity index is 701. The van der Waals surface area contributed by atoms with Gasteiger partial charge in [0.25, 0.3) is 5.91 Å². The van der Waals surface area contributed by atoms with Crippen LogP contribution in [0.15, 0.2) is 42.5 Å². The normalized spacial score (nSPS) is 12.1. The Hall–Kier alpha value is -1.71. The van der Waals surface area contributed by atoms with Crippen LogP contribution in [0.5, 0.6) is 5.75 Å². The van der Waals surface area contributed by atoms with E-state index in [1.54, 1.807) is 18.2 Å². The van der Waals surface area contributed by atoms with Crippen LogP contribution in [0.2, 0.25) is 10.0 Å². The number of amides is 1. The molecule has 0 saturated carbocycles. The molecule has 0 aromatic heterocycles. The van der Waals surface area contributed by atoms with Crippen LogP contribution < -0.4 is 10.1 Å². The van der Waals surface area contributed by atoms with Crippen LogP contribution in [0, 0.1) is 0 Å². The van der Waals surface area contributed by atoms with Crippen LogP contribution >= 0.6 is 23.2 Å². The Kier molecular flexibility index (Phi) is 5.91. The van der Waals surface area contributed by atoms with Crippen molar-refractivity contribution in [2.45, 2.75) is 32.9 Å². The maximum Gasteiger partial charge on any atom is 0.253 e. The van der Waals surface area contributed by atoms with Gasteiger partial charge in [-0.25, -0.2) is 0 Å². The highest BCUT2D eigenvalue weighted by molar-refractivity contribution is 6.43. The molecule has 3 nitrogen and oxygen atoms in total. The smallest absolute Gasteiger partial charge is 0.253 e. The highest BCUT2D eigenvalue weighted by Gasteiger charge is 2.16. The Morgan fingerprint density at radius 1 is 1.09 bits per heavy atom. The summed E-state index contributed by atoms with van der Waals surface area (Å²) in [5.41, 5.74) is 1.32. The monoisotopic (exact) mass is 351 g/mol. The molecule has 2 rings (SSSR count). The zero-order valence-electron chi connectivity index (χ0n) is 13.3. The van der Waals surface area contributed by atoms with Crippen LogP contribution in [0.1, 0.15) is 42.7 Å². The number of hydrogen-bond acceptors (Lipinski definition) is 2. The Balaban J connectivity index is 2.14. The number of nitrogens with one attached hydrogen (secondary N) is 1. The van der Waals surface area contributed by atoms with Crippen molar-refractivity contribution in [3.63, 3.8) is 0 Å². The molecule has 0 spiro atoms. The molecule has 5 heteroatoms. The molecule has 0 bridgehead atoms. The molecule has 23 heavy (non-hydrogen) atoms. The van der Waals surface area contributed by atoms with E-state index in [0.717, 1.165) is 11.3 Å². The minimum Gasteiger partial charge on any atom is -0.491 e. The van der Waals surface area contributed by atoms with Gasteiger partial charge in [-0.1, -0.05) is 41.4 Å². The van der Waals surface area contributed by atoms with Crippen molar-refractivity contribution in [3.05, 3.63) is 63.6 Å². The summed E-state index contributed by atoms with van der Waals surface area (Å²) in [6.07, 6.45) is 0.0976. The van der Waals surface area contributed by atoms with E-state index in [9.17, 15) is 4.79 Å². The van der Waals surface area contributed by atoms with Crippen LogP contribution in [0.25, 0.3) is 0 Å². The minimum absolute atomic E-state index is 0.0976. The summed E-state index contributed by atoms with van der Waals surface area (Å²) in [7, 11) is 0. The van der Waals surface area contributed by atoms with Crippen molar-refractivity contribution in [2.75, 3.05) is 0 Å². The van der Waals surface area contributed by atoms with Gasteiger partial charge in [0.1, 0.15) is 5.75 Å². The SMILES string of the molecule is CC(C)Oc1cccc(C(C)NC(=O)c2cccc(Cl)c2Cl)c1. The van der Waals surface area contributed by atoms with Crippen molar-refractivity contribution in [1.82, 2.24) is 5.32 Å². The number of ether oxygens (including phenoxy) is 1. The Morgan fingerprint density at radius 2 is 1.78 bits per heavy atom. The van der Waals surface area contributed by atoms with E-state index >= 15 is 0 Å². The second-order valence-corrected chi connectivity index (χ2v) is 6.32. The van der Waals surface area contributed by atoms with E-state index in [2.05, 4.69) is 5.32 Å². The average Bonchev–Trinajstić information content (AvgIpc) is 2.49. The van der Waals surface area contributed by atoms with E-state index in [4.69, 9.17) is 27.9 Å². The molecule has 1 atom stereocenters. The molecule has 0 fully saturated rings. The van der Waals surface area contributed by atoms with Crippen LogP contribution in [-0.2, 0) is 0 Å². The number of rotatable bonds is 5. The van der Waals surface area contributed by atoms with E-state index in [-0.39, 0.29) is 23.1 Å². The van der Waals surface area contributed by atoms with Gasteiger partial charge in [0.05, 0.1) is 27.8 Å². The summed E-state index contributed by atoms with van der Waals surface area (Å²) in [5.74, 6) is 0.513. The molecule has 1 N–H and O–H groups in total. The molecule has 2 aromatic carbocycles. The molecule has 0 aliphatic carbocycles. The highest BCUT2D eigenvalue weighted by atomic mass is 35.5. The first-order valence-electron chi connectivity index (χ1n) is 7.40. The largest absolute Gasteiger partial charge is 0.491 e. The third-order valence-electron chi connectivity index (χ3n) is 3.27. The van der Waals surface area contributed by atoms with Gasteiger partial charge in [-0.2, -0.15) is 0 Å². The molecule has 0 heterocycles. The standard InChI is InChI=1S/C18H19Cl2NO2/c1-11(2)23-14-7-4-6-13(10-14)12(3)21-18(22)15-8-5-9-16(19)17(15)20/h4-12H,1-3H3,(H,21,22). The van der Waals surface area contributed by atoms with Crippen molar-refractivity contribution < 1.29 is 9.53 Å². The number of halogens is 2. The van der Waals surface area contributed by atoms with Gasteiger partial charge in [0, 0.05) is 0 Å². The number of benzene rings is 2. The van der Waals surface area contributed by atoms with Crippen molar-refractivity contribution >= 4 is 29.1 Å². The van der Waals surface area contributed by atoms with E-state index in [0.29, 0.717) is 10.6 Å². The lowest BCUT2D eigenvalue weighted by atomic mass is 10.1. The van der Waals surface area contributed by atoms with Crippen molar-refractivity contribution in [2.24, 2.45) is 0 Å². The van der Waals surface area contributed by atoms with Gasteiger partial charge in [-0.05, 0) is 50.6 Å². The zero-order chi connectivity index (χ0) is 17.0. The van der Waals surface area contributed by atoms with Gasteiger partial charge >= 0.3 is 0 Å². The average molecular weight is 352 g/mol. The van der Waals surface area contributed by atoms with E-state index in [1.165, 1.54) is 0 Å². The molecule has 0 radical (unpaired) electrons. The molecular weight excluding hydrogens is 333 g/mol. The maximum absolute atomic E-state index is 12.4. The number of carbonyl (C=O) groups excluding carboxylic acids is 1. The summed E-state index contributed by atoms with van der Waals surface area (Å²) in [6, 6.07) is 12.5. The van der Waals surface area contributed by atoms with Crippen LogP contribution in [0.4, 0.5) is 0 Å². The highest BCUT2D eigenvalue weighted by Crippen LogP contribution is 2.26. The molecule has 0 aliphatic rings. The topological polar surface area (TPSA) is 38.3 Å². The molecular formula is C18H19Cl2NO2. The van der Waals surface area contributed by atoms with Gasteiger partial charge in [0.15, 0.2) is 0 Å². The Morgan fingerprint density at radius 3 is 2.48 bits per heavy atom. The minimum atomic E-state index is -0.264. The fraction of sp³-hybridized carbons (Fsp3) is 0.278. The molecule has 2 aromatic rings. The van der Waals surface area contributed by atoms with E-state index in [1.807, 2.05) is 45.0 Å². The fourth-order valence-electron chi connectivity index (χ4n) is 2.17. The summed E-state index contributed by atoms with van der Waals surface area (Å²) in [4.78, 5) is 12.4. The molecule has 122 valence electrons. The quantitative estimate of drug-likeness (QED) is 0.796. The Labute approximate surface area is 146 Å². The first-order valence-corrected chi connectivity index (χ1v) is 8.15. The lowest BCUT2D eigenvalue weighted by Gasteiger charge is -2.17. The first kappa shape index (κ1) is 17.6. The fourth-order valence-corrected chi connectivity index (χ4v) is 2.55. The van der Waals surface area contributed by atoms with Gasteiger partial charge in [0.2, 0.25) is 0 Å². The maximum atomic E-state index is 12.4. The summed E-state index contributed by atoms with van der Waals surface area (Å²) >= 11 is 12.0. The number of hydrogen-bond donors (Lipinski definition) is 1. The first-order chi connectivity index (χ1) is 10.9. The predicted octanol–water partition coefficient (Wildman–Crippen LogP) is 5.27. The molecule has 0 aliphatic heterocycles. The summed E-state index contributed by atoms with van der Waals surface area (Å²) in [5, 5.41) is 3.54. The molecule has 1 amide bonds. The second kappa shape index (κ2) is 7.71. The molecule has 1 unspecified atom stereocenters. The third-order valence-corrected chi connectivity index (χ3v) is 4.09. The van der Waals surface area contributed by atoms with Gasteiger partial charge < -0.3 is 10.1 Å². The van der Waals surface area contributed by atoms with Crippen LogP contribution in [0.3, 0.4) is 0 Å². The van der Waals surface area contributed by atoms with Gasteiger partial charge in [-0.3, -0.25) is 4.79 Å².